The SMILES string of the molecule is Clc1ccc2c(c1)sc1c(-c3cccc(-c4ccccc4)c3)nc(-c3ccccc3)nc12. The van der Waals surface area contributed by atoms with Gasteiger partial charge in [0.2, 0.25) is 0 Å². The van der Waals surface area contributed by atoms with Crippen LogP contribution in [0.2, 0.25) is 5.02 Å². The van der Waals surface area contributed by atoms with E-state index in [1.54, 1.807) is 11.3 Å². The third-order valence-corrected chi connectivity index (χ3v) is 6.94. The molecule has 0 radical (unpaired) electrons. The number of aromatic nitrogens is 2. The minimum atomic E-state index is 0.730. The van der Waals surface area contributed by atoms with Crippen molar-refractivity contribution in [2.24, 2.45) is 0 Å². The Morgan fingerprint density at radius 2 is 1.28 bits per heavy atom. The summed E-state index contributed by atoms with van der Waals surface area (Å²) in [6.45, 7) is 0. The molecule has 0 aliphatic heterocycles. The molecule has 0 spiro atoms. The van der Waals surface area contributed by atoms with Crippen molar-refractivity contribution in [3.8, 4) is 33.8 Å². The van der Waals surface area contributed by atoms with Gasteiger partial charge >= 0.3 is 0 Å². The highest BCUT2D eigenvalue weighted by Crippen LogP contribution is 2.40. The van der Waals surface area contributed by atoms with Gasteiger partial charge in [0.15, 0.2) is 5.82 Å². The lowest BCUT2D eigenvalue weighted by atomic mass is 10.0. The van der Waals surface area contributed by atoms with Crippen molar-refractivity contribution in [2.75, 3.05) is 0 Å². The topological polar surface area (TPSA) is 25.8 Å². The Labute approximate surface area is 194 Å². The number of nitrogens with zero attached hydrogens (tertiary/aromatic N) is 2. The summed E-state index contributed by atoms with van der Waals surface area (Å²) in [6, 6.07) is 35.1. The molecule has 0 bridgehead atoms. The van der Waals surface area contributed by atoms with E-state index in [1.807, 2.05) is 36.4 Å². The van der Waals surface area contributed by atoms with Gasteiger partial charge < -0.3 is 0 Å². The second-order valence-electron chi connectivity index (χ2n) is 7.63. The van der Waals surface area contributed by atoms with E-state index < -0.39 is 0 Å². The second-order valence-corrected chi connectivity index (χ2v) is 9.12. The van der Waals surface area contributed by atoms with Crippen LogP contribution in [0.5, 0.6) is 0 Å². The molecule has 0 saturated carbocycles. The molecule has 0 N–H and O–H groups in total. The van der Waals surface area contributed by atoms with Crippen LogP contribution in [0.4, 0.5) is 0 Å². The highest BCUT2D eigenvalue weighted by Gasteiger charge is 2.17. The zero-order valence-electron chi connectivity index (χ0n) is 17.0. The van der Waals surface area contributed by atoms with Crippen LogP contribution in [-0.4, -0.2) is 9.97 Å². The summed E-state index contributed by atoms with van der Waals surface area (Å²) in [5.41, 5.74) is 6.35. The molecular formula is C28H17ClN2S. The maximum atomic E-state index is 6.29. The molecule has 0 saturated heterocycles. The highest BCUT2D eigenvalue weighted by molar-refractivity contribution is 7.26. The fourth-order valence-electron chi connectivity index (χ4n) is 4.00. The lowest BCUT2D eigenvalue weighted by Crippen LogP contribution is -1.93. The van der Waals surface area contributed by atoms with E-state index >= 15 is 0 Å². The van der Waals surface area contributed by atoms with Crippen molar-refractivity contribution in [1.82, 2.24) is 9.97 Å². The van der Waals surface area contributed by atoms with Crippen molar-refractivity contribution in [2.45, 2.75) is 0 Å². The number of fused-ring (bicyclic) bond motifs is 3. The van der Waals surface area contributed by atoms with Crippen molar-refractivity contribution in [1.29, 1.82) is 0 Å². The predicted octanol–water partition coefficient (Wildman–Crippen LogP) is 8.50. The molecule has 6 aromatic rings. The van der Waals surface area contributed by atoms with Crippen LogP contribution < -0.4 is 0 Å². The molecule has 0 atom stereocenters. The molecule has 152 valence electrons. The summed E-state index contributed by atoms with van der Waals surface area (Å²) in [4.78, 5) is 10.0. The molecule has 0 aliphatic rings. The molecule has 32 heavy (non-hydrogen) atoms. The van der Waals surface area contributed by atoms with E-state index in [1.165, 1.54) is 11.1 Å². The van der Waals surface area contributed by atoms with Crippen LogP contribution in [0.15, 0.2) is 103 Å². The maximum absolute atomic E-state index is 6.29. The summed E-state index contributed by atoms with van der Waals surface area (Å²) in [5.74, 6) is 0.730. The minimum absolute atomic E-state index is 0.730. The van der Waals surface area contributed by atoms with E-state index in [2.05, 4.69) is 66.7 Å². The van der Waals surface area contributed by atoms with Gasteiger partial charge in [0.1, 0.15) is 0 Å². The summed E-state index contributed by atoms with van der Waals surface area (Å²) >= 11 is 7.98. The monoisotopic (exact) mass is 448 g/mol. The smallest absolute Gasteiger partial charge is 0.160 e. The maximum Gasteiger partial charge on any atom is 0.160 e. The van der Waals surface area contributed by atoms with Gasteiger partial charge in [-0.2, -0.15) is 0 Å². The van der Waals surface area contributed by atoms with Gasteiger partial charge in [0, 0.05) is 26.2 Å². The number of hydrogen-bond acceptors (Lipinski definition) is 3. The van der Waals surface area contributed by atoms with Crippen molar-refractivity contribution >= 4 is 43.2 Å². The largest absolute Gasteiger partial charge is 0.226 e. The molecule has 4 aromatic carbocycles. The summed E-state index contributed by atoms with van der Waals surface area (Å²) in [6.07, 6.45) is 0. The average Bonchev–Trinajstić information content (AvgIpc) is 3.22. The summed E-state index contributed by atoms with van der Waals surface area (Å²) < 4.78 is 2.19. The molecule has 0 fully saturated rings. The number of thiophene rings is 1. The highest BCUT2D eigenvalue weighted by atomic mass is 35.5. The molecule has 0 unspecified atom stereocenters. The van der Waals surface area contributed by atoms with Gasteiger partial charge in [-0.15, -0.1) is 11.3 Å². The van der Waals surface area contributed by atoms with E-state index in [-0.39, 0.29) is 0 Å². The first-order valence-corrected chi connectivity index (χ1v) is 11.6. The third-order valence-electron chi connectivity index (χ3n) is 5.55. The fraction of sp³-hybridized carbons (Fsp3) is 0. The molecule has 0 aliphatic carbocycles. The lowest BCUT2D eigenvalue weighted by Gasteiger charge is -2.09. The van der Waals surface area contributed by atoms with Gasteiger partial charge in [0.05, 0.1) is 15.9 Å². The first kappa shape index (κ1) is 19.2. The Bertz CT molecular complexity index is 1570. The van der Waals surface area contributed by atoms with Gasteiger partial charge in [-0.25, -0.2) is 9.97 Å². The van der Waals surface area contributed by atoms with Crippen molar-refractivity contribution < 1.29 is 0 Å². The van der Waals surface area contributed by atoms with Gasteiger partial charge in [-0.3, -0.25) is 0 Å². The van der Waals surface area contributed by atoms with Crippen LogP contribution in [0.3, 0.4) is 0 Å². The molecule has 2 aromatic heterocycles. The van der Waals surface area contributed by atoms with E-state index in [0.717, 1.165) is 48.0 Å². The van der Waals surface area contributed by atoms with Gasteiger partial charge in [-0.1, -0.05) is 90.5 Å². The molecule has 2 heterocycles. The zero-order chi connectivity index (χ0) is 21.5. The Hall–Kier alpha value is -3.53. The Morgan fingerprint density at radius 1 is 0.594 bits per heavy atom. The quantitative estimate of drug-likeness (QED) is 0.271. The summed E-state index contributed by atoms with van der Waals surface area (Å²) in [5, 5.41) is 1.84. The van der Waals surface area contributed by atoms with Crippen LogP contribution >= 0.6 is 22.9 Å². The van der Waals surface area contributed by atoms with Gasteiger partial charge in [-0.05, 0) is 35.4 Å². The standard InChI is InChI=1S/C28H17ClN2S/c29-22-14-15-23-24(17-22)32-27-25(30-28(31-26(23)27)19-10-5-2-6-11-19)21-13-7-12-20(16-21)18-8-3-1-4-9-18/h1-17H. The molecular weight excluding hydrogens is 432 g/mol. The lowest BCUT2D eigenvalue weighted by molar-refractivity contribution is 1.24. The van der Waals surface area contributed by atoms with Crippen molar-refractivity contribution in [3.05, 3.63) is 108 Å². The molecule has 4 heteroatoms. The molecule has 0 amide bonds. The van der Waals surface area contributed by atoms with E-state index in [0.29, 0.717) is 0 Å². The average molecular weight is 449 g/mol. The number of benzene rings is 4. The normalized spacial score (nSPS) is 11.3. The minimum Gasteiger partial charge on any atom is -0.226 e. The fourth-order valence-corrected chi connectivity index (χ4v) is 5.43. The number of rotatable bonds is 3. The second kappa shape index (κ2) is 7.86. The Balaban J connectivity index is 1.64. The molecule has 2 nitrogen and oxygen atoms in total. The third kappa shape index (κ3) is 3.36. The van der Waals surface area contributed by atoms with Crippen molar-refractivity contribution in [3.63, 3.8) is 0 Å². The van der Waals surface area contributed by atoms with E-state index in [4.69, 9.17) is 21.6 Å². The number of hydrogen-bond donors (Lipinski definition) is 0. The zero-order valence-corrected chi connectivity index (χ0v) is 18.6. The van der Waals surface area contributed by atoms with Gasteiger partial charge in [0.25, 0.3) is 0 Å². The van der Waals surface area contributed by atoms with Crippen LogP contribution in [-0.2, 0) is 0 Å². The van der Waals surface area contributed by atoms with Crippen LogP contribution in [0.25, 0.3) is 54.1 Å². The van der Waals surface area contributed by atoms with Crippen LogP contribution in [0.1, 0.15) is 0 Å². The number of halogens is 1. The Kier molecular flexibility index (Phi) is 4.71. The van der Waals surface area contributed by atoms with E-state index in [9.17, 15) is 0 Å². The summed E-state index contributed by atoms with van der Waals surface area (Å²) in [7, 11) is 0. The first-order chi connectivity index (χ1) is 15.8. The van der Waals surface area contributed by atoms with Crippen LogP contribution in [0, 0.1) is 0 Å². The molecule has 6 rings (SSSR count). The Morgan fingerprint density at radius 3 is 2.06 bits per heavy atom. The first-order valence-electron chi connectivity index (χ1n) is 10.4. The predicted molar refractivity (Wildman–Crippen MR) is 136 cm³/mol.